The first-order valence-electron chi connectivity index (χ1n) is 12.8. The van der Waals surface area contributed by atoms with Gasteiger partial charge in [-0.25, -0.2) is 8.42 Å². The Morgan fingerprint density at radius 1 is 0.794 bits per heavy atom. The van der Waals surface area contributed by atoms with Crippen LogP contribution in [-0.4, -0.2) is 36.8 Å². The van der Waals surface area contributed by atoms with Gasteiger partial charge in [-0.2, -0.15) is 0 Å². The number of unbranched alkanes of at least 4 members (excludes halogenated alkanes) is 14. The van der Waals surface area contributed by atoms with E-state index < -0.39 is 33.7 Å². The molecule has 0 aliphatic carbocycles. The molecule has 0 fully saturated rings. The van der Waals surface area contributed by atoms with Crippen LogP contribution in [0.1, 0.15) is 123 Å². The third-order valence-electron chi connectivity index (χ3n) is 5.49. The predicted octanol–water partition coefficient (Wildman–Crippen LogP) is 3.18. The number of ether oxygens (including phenoxy) is 2. The van der Waals surface area contributed by atoms with Crippen molar-refractivity contribution in [1.29, 1.82) is 0 Å². The van der Waals surface area contributed by atoms with E-state index in [9.17, 15) is 22.6 Å². The van der Waals surface area contributed by atoms with Crippen LogP contribution in [-0.2, 0) is 29.2 Å². The van der Waals surface area contributed by atoms with Crippen LogP contribution in [0, 0.1) is 0 Å². The molecule has 0 aliphatic rings. The van der Waals surface area contributed by atoms with Gasteiger partial charge < -0.3 is 14.0 Å². The molecular weight excluding hydrogens is 467 g/mol. The maximum atomic E-state index is 12.0. The second-order valence-corrected chi connectivity index (χ2v) is 10.1. The Kier molecular flexibility index (Phi) is 25.5. The number of hydrogen-bond acceptors (Lipinski definition) is 7. The molecule has 34 heavy (non-hydrogen) atoms. The van der Waals surface area contributed by atoms with Crippen LogP contribution in [0.2, 0.25) is 0 Å². The summed E-state index contributed by atoms with van der Waals surface area (Å²) >= 11 is 0. The van der Waals surface area contributed by atoms with E-state index in [2.05, 4.69) is 11.7 Å². The van der Waals surface area contributed by atoms with Crippen molar-refractivity contribution in [2.45, 2.75) is 128 Å². The molecule has 0 radical (unpaired) electrons. The normalized spacial score (nSPS) is 12.3. The topological polar surface area (TPSA) is 110 Å². The van der Waals surface area contributed by atoms with Crippen LogP contribution < -0.4 is 29.6 Å². The summed E-state index contributed by atoms with van der Waals surface area (Å²) in [5.41, 5.74) is 0. The first-order chi connectivity index (χ1) is 15.8. The van der Waals surface area contributed by atoms with Crippen LogP contribution in [0.25, 0.3) is 0 Å². The molecule has 0 aliphatic heterocycles. The van der Waals surface area contributed by atoms with Crippen LogP contribution in [0.15, 0.2) is 12.3 Å². The van der Waals surface area contributed by atoms with E-state index in [0.717, 1.165) is 25.5 Å². The first kappa shape index (κ1) is 35.8. The van der Waals surface area contributed by atoms with Crippen molar-refractivity contribution >= 4 is 22.1 Å². The minimum atomic E-state index is -5.01. The molecule has 0 amide bonds. The third kappa shape index (κ3) is 22.1. The molecule has 0 aromatic rings. The molecule has 9 heteroatoms. The Bertz CT molecular complexity index is 635. The summed E-state index contributed by atoms with van der Waals surface area (Å²) in [4.78, 5) is 23.6. The number of carbonyl (C=O) groups is 2. The van der Waals surface area contributed by atoms with E-state index in [1.807, 2.05) is 6.92 Å². The van der Waals surface area contributed by atoms with Crippen molar-refractivity contribution in [2.75, 3.05) is 6.61 Å². The summed E-state index contributed by atoms with van der Waals surface area (Å²) < 4.78 is 43.6. The maximum Gasteiger partial charge on any atom is 1.00 e. The van der Waals surface area contributed by atoms with Crippen molar-refractivity contribution in [3.63, 3.8) is 0 Å². The summed E-state index contributed by atoms with van der Waals surface area (Å²) in [7, 11) is -5.01. The van der Waals surface area contributed by atoms with Gasteiger partial charge in [0.2, 0.25) is 0 Å². The molecule has 1 atom stereocenters. The fourth-order valence-electron chi connectivity index (χ4n) is 3.46. The van der Waals surface area contributed by atoms with Gasteiger partial charge in [-0.3, -0.25) is 9.59 Å². The Morgan fingerprint density at radius 3 is 1.65 bits per heavy atom. The molecule has 1 unspecified atom stereocenters. The number of hydrogen-bond donors (Lipinski definition) is 0. The van der Waals surface area contributed by atoms with Gasteiger partial charge >= 0.3 is 41.5 Å². The summed E-state index contributed by atoms with van der Waals surface area (Å²) in [6.07, 6.45) is 20.6. The van der Waals surface area contributed by atoms with Gasteiger partial charge in [-0.05, 0) is 18.9 Å². The fraction of sp³-hybridized carbons (Fsp3) is 0.840. The average molecular weight is 513 g/mol. The van der Waals surface area contributed by atoms with Gasteiger partial charge in [0.1, 0.15) is 10.1 Å². The van der Waals surface area contributed by atoms with Crippen molar-refractivity contribution < 1.29 is 61.6 Å². The molecule has 0 rings (SSSR count). The van der Waals surface area contributed by atoms with E-state index in [0.29, 0.717) is 12.8 Å². The summed E-state index contributed by atoms with van der Waals surface area (Å²) in [6, 6.07) is 0. The van der Waals surface area contributed by atoms with Gasteiger partial charge in [0.15, 0.2) is 5.25 Å². The molecular formula is C25H45NaO7S. The molecule has 0 aromatic heterocycles. The maximum absolute atomic E-state index is 12.0. The number of esters is 2. The van der Waals surface area contributed by atoms with E-state index >= 15 is 0 Å². The largest absolute Gasteiger partial charge is 1.00 e. The van der Waals surface area contributed by atoms with Crippen molar-refractivity contribution in [2.24, 2.45) is 0 Å². The second kappa shape index (κ2) is 24.3. The van der Waals surface area contributed by atoms with Gasteiger partial charge in [-0.15, -0.1) is 0 Å². The number of rotatable bonds is 22. The van der Waals surface area contributed by atoms with Crippen LogP contribution in [0.3, 0.4) is 0 Å². The molecule has 0 bridgehead atoms. The average Bonchev–Trinajstić information content (AvgIpc) is 2.76. The molecule has 7 nitrogen and oxygen atoms in total. The first-order valence-corrected chi connectivity index (χ1v) is 14.3. The molecule has 194 valence electrons. The molecule has 0 N–H and O–H groups in total. The SMILES string of the molecule is CC/C=C/OC(=O)CC(C(=O)OCCCCCCCCCCCCCCCCC)S(=O)(=O)[O-].[Na+]. The Hall–Kier alpha value is -0.410. The van der Waals surface area contributed by atoms with Crippen molar-refractivity contribution in [3.8, 4) is 0 Å². The van der Waals surface area contributed by atoms with Crippen LogP contribution in [0.4, 0.5) is 0 Å². The molecule has 0 heterocycles. The van der Waals surface area contributed by atoms with Crippen molar-refractivity contribution in [1.82, 2.24) is 0 Å². The van der Waals surface area contributed by atoms with Crippen LogP contribution in [0.5, 0.6) is 0 Å². The minimum Gasteiger partial charge on any atom is -0.747 e. The Balaban J connectivity index is 0. The van der Waals surface area contributed by atoms with Crippen molar-refractivity contribution in [3.05, 3.63) is 12.3 Å². The Morgan fingerprint density at radius 2 is 1.24 bits per heavy atom. The van der Waals surface area contributed by atoms with Gasteiger partial charge in [-0.1, -0.05) is 104 Å². The van der Waals surface area contributed by atoms with Crippen LogP contribution >= 0.6 is 0 Å². The van der Waals surface area contributed by atoms with E-state index in [-0.39, 0.29) is 36.2 Å². The number of allylic oxidation sites excluding steroid dienone is 1. The molecule has 0 saturated heterocycles. The standard InChI is InChI=1S/C25H46O7S.Na/c1-3-5-7-8-9-10-11-12-13-14-15-16-17-18-19-21-32-25(27)23(33(28,29)30)22-24(26)31-20-6-4-2;/h6,20,23H,3-5,7-19,21-22H2,1-2H3,(H,28,29,30);/q;+1/p-1/b20-6+;. The van der Waals surface area contributed by atoms with E-state index in [4.69, 9.17) is 4.74 Å². The van der Waals surface area contributed by atoms with E-state index in [1.165, 1.54) is 70.6 Å². The zero-order valence-corrected chi connectivity index (χ0v) is 24.5. The van der Waals surface area contributed by atoms with E-state index in [1.54, 1.807) is 6.08 Å². The smallest absolute Gasteiger partial charge is 0.747 e. The number of carbonyl (C=O) groups excluding carboxylic acids is 2. The van der Waals surface area contributed by atoms with Gasteiger partial charge in [0, 0.05) is 0 Å². The molecule has 0 saturated carbocycles. The Labute approximate surface area is 229 Å². The fourth-order valence-corrected chi connectivity index (χ4v) is 4.11. The zero-order chi connectivity index (χ0) is 24.8. The predicted molar refractivity (Wildman–Crippen MR) is 130 cm³/mol. The summed E-state index contributed by atoms with van der Waals surface area (Å²) in [5, 5.41) is -2.07. The zero-order valence-electron chi connectivity index (χ0n) is 21.7. The minimum absolute atomic E-state index is 0. The quantitative estimate of drug-likeness (QED) is 0.0720. The summed E-state index contributed by atoms with van der Waals surface area (Å²) in [6.45, 7) is 4.10. The van der Waals surface area contributed by atoms with Gasteiger partial charge in [0.05, 0.1) is 19.3 Å². The monoisotopic (exact) mass is 512 g/mol. The summed E-state index contributed by atoms with van der Waals surface area (Å²) in [5.74, 6) is -2.15. The molecule has 0 spiro atoms. The van der Waals surface area contributed by atoms with Gasteiger partial charge in [0.25, 0.3) is 0 Å². The third-order valence-corrected chi connectivity index (χ3v) is 6.54. The second-order valence-electron chi connectivity index (χ2n) is 8.57. The molecule has 0 aromatic carbocycles.